The molecule has 0 amide bonds. The van der Waals surface area contributed by atoms with Gasteiger partial charge in [0.2, 0.25) is 0 Å². The number of hydrogen-bond acceptors (Lipinski definition) is 1. The van der Waals surface area contributed by atoms with Crippen LogP contribution in [-0.2, 0) is 5.54 Å². The van der Waals surface area contributed by atoms with Gasteiger partial charge < -0.3 is 4.57 Å². The van der Waals surface area contributed by atoms with E-state index in [2.05, 4.69) is 17.6 Å². The Bertz CT molecular complexity index is 610. The van der Waals surface area contributed by atoms with Gasteiger partial charge in [0.15, 0.2) is 0 Å². The van der Waals surface area contributed by atoms with E-state index in [1.165, 1.54) is 25.7 Å². The highest BCUT2D eigenvalue weighted by atomic mass is 35.5. The minimum Gasteiger partial charge on any atom is -0.321 e. The third-order valence-electron chi connectivity index (χ3n) is 4.22. The molecule has 1 aromatic carbocycles. The predicted molar refractivity (Wildman–Crippen MR) is 81.1 cm³/mol. The van der Waals surface area contributed by atoms with Crippen LogP contribution in [0.1, 0.15) is 50.7 Å². The van der Waals surface area contributed by atoms with Crippen molar-refractivity contribution in [2.24, 2.45) is 0 Å². The Kier molecular flexibility index (Phi) is 3.26. The lowest BCUT2D eigenvalue weighted by Gasteiger charge is -2.29. The second-order valence-corrected chi connectivity index (χ2v) is 6.85. The molecule has 1 atom stereocenters. The SMILES string of the molecule is CC(Cl)c1nc2cc(Cl)ccc2n1C1(C)CCCC1. The summed E-state index contributed by atoms with van der Waals surface area (Å²) >= 11 is 12.4. The number of halogens is 2. The fourth-order valence-electron chi connectivity index (χ4n) is 3.27. The Balaban J connectivity index is 2.28. The van der Waals surface area contributed by atoms with Crippen molar-refractivity contribution in [2.75, 3.05) is 0 Å². The second kappa shape index (κ2) is 4.68. The summed E-state index contributed by atoms with van der Waals surface area (Å²) in [7, 11) is 0. The zero-order valence-corrected chi connectivity index (χ0v) is 12.8. The molecule has 1 saturated carbocycles. The van der Waals surface area contributed by atoms with E-state index in [9.17, 15) is 0 Å². The highest BCUT2D eigenvalue weighted by Crippen LogP contribution is 2.41. The molecule has 0 aliphatic heterocycles. The van der Waals surface area contributed by atoms with E-state index in [1.54, 1.807) is 0 Å². The maximum absolute atomic E-state index is 6.34. The first-order valence-electron chi connectivity index (χ1n) is 6.84. The van der Waals surface area contributed by atoms with E-state index in [0.717, 1.165) is 21.9 Å². The number of nitrogens with zero attached hydrogens (tertiary/aromatic N) is 2. The van der Waals surface area contributed by atoms with Crippen LogP contribution in [0.15, 0.2) is 18.2 Å². The van der Waals surface area contributed by atoms with Gasteiger partial charge in [0, 0.05) is 10.6 Å². The van der Waals surface area contributed by atoms with Crippen molar-refractivity contribution in [3.63, 3.8) is 0 Å². The minimum absolute atomic E-state index is 0.0939. The maximum Gasteiger partial charge on any atom is 0.128 e. The molecule has 0 bridgehead atoms. The van der Waals surface area contributed by atoms with Crippen molar-refractivity contribution in [3.05, 3.63) is 29.0 Å². The largest absolute Gasteiger partial charge is 0.321 e. The van der Waals surface area contributed by atoms with Crippen molar-refractivity contribution < 1.29 is 0 Å². The van der Waals surface area contributed by atoms with Crippen LogP contribution in [0.3, 0.4) is 0 Å². The topological polar surface area (TPSA) is 17.8 Å². The van der Waals surface area contributed by atoms with Crippen LogP contribution in [0, 0.1) is 0 Å². The van der Waals surface area contributed by atoms with Crippen LogP contribution < -0.4 is 0 Å². The van der Waals surface area contributed by atoms with Crippen molar-refractivity contribution in [1.82, 2.24) is 9.55 Å². The van der Waals surface area contributed by atoms with Crippen LogP contribution in [0.2, 0.25) is 5.02 Å². The molecule has 2 aromatic rings. The van der Waals surface area contributed by atoms with Gasteiger partial charge in [-0.05, 0) is 44.9 Å². The van der Waals surface area contributed by atoms with E-state index in [1.807, 2.05) is 19.1 Å². The molecular weight excluding hydrogens is 279 g/mol. The molecule has 0 N–H and O–H groups in total. The summed E-state index contributed by atoms with van der Waals surface area (Å²) in [6, 6.07) is 5.93. The predicted octanol–water partition coefficient (Wildman–Crippen LogP) is 5.28. The van der Waals surface area contributed by atoms with E-state index in [0.29, 0.717) is 0 Å². The van der Waals surface area contributed by atoms with Gasteiger partial charge >= 0.3 is 0 Å². The van der Waals surface area contributed by atoms with Gasteiger partial charge in [0.05, 0.1) is 16.4 Å². The Labute approximate surface area is 123 Å². The number of benzene rings is 1. The summed E-state index contributed by atoms with van der Waals surface area (Å²) in [5.41, 5.74) is 2.24. The molecule has 1 heterocycles. The molecule has 0 saturated heterocycles. The lowest BCUT2D eigenvalue weighted by Crippen LogP contribution is -2.28. The third kappa shape index (κ3) is 2.15. The number of aromatic nitrogens is 2. The molecule has 1 unspecified atom stereocenters. The first-order valence-corrected chi connectivity index (χ1v) is 7.65. The molecule has 1 aromatic heterocycles. The fourth-order valence-corrected chi connectivity index (χ4v) is 3.58. The third-order valence-corrected chi connectivity index (χ3v) is 4.65. The van der Waals surface area contributed by atoms with Crippen LogP contribution in [0.25, 0.3) is 11.0 Å². The summed E-state index contributed by atoms with van der Waals surface area (Å²) in [5, 5.41) is 0.631. The van der Waals surface area contributed by atoms with E-state index >= 15 is 0 Å². The summed E-state index contributed by atoms with van der Waals surface area (Å²) in [6.07, 6.45) is 4.94. The van der Waals surface area contributed by atoms with E-state index in [-0.39, 0.29) is 10.9 Å². The summed E-state index contributed by atoms with van der Waals surface area (Å²) in [6.45, 7) is 4.30. The van der Waals surface area contributed by atoms with Gasteiger partial charge in [-0.2, -0.15) is 0 Å². The average Bonchev–Trinajstić information content (AvgIpc) is 2.93. The second-order valence-electron chi connectivity index (χ2n) is 5.76. The van der Waals surface area contributed by atoms with Gasteiger partial charge in [-0.3, -0.25) is 0 Å². The molecule has 19 heavy (non-hydrogen) atoms. The number of fused-ring (bicyclic) bond motifs is 1. The van der Waals surface area contributed by atoms with Crippen molar-refractivity contribution in [2.45, 2.75) is 50.4 Å². The van der Waals surface area contributed by atoms with Crippen LogP contribution in [-0.4, -0.2) is 9.55 Å². The molecule has 4 heteroatoms. The molecule has 1 aliphatic rings. The lowest BCUT2D eigenvalue weighted by molar-refractivity contribution is 0.328. The van der Waals surface area contributed by atoms with Gasteiger partial charge in [0.25, 0.3) is 0 Å². The normalized spacial score (nSPS) is 20.0. The highest BCUT2D eigenvalue weighted by Gasteiger charge is 2.34. The smallest absolute Gasteiger partial charge is 0.128 e. The molecule has 1 aliphatic carbocycles. The molecule has 2 nitrogen and oxygen atoms in total. The Morgan fingerprint density at radius 1 is 1.32 bits per heavy atom. The van der Waals surface area contributed by atoms with Crippen LogP contribution in [0.4, 0.5) is 0 Å². The fraction of sp³-hybridized carbons (Fsp3) is 0.533. The van der Waals surface area contributed by atoms with Gasteiger partial charge in [-0.1, -0.05) is 24.4 Å². The minimum atomic E-state index is -0.0939. The van der Waals surface area contributed by atoms with Crippen molar-refractivity contribution in [3.8, 4) is 0 Å². The molecule has 102 valence electrons. The van der Waals surface area contributed by atoms with Crippen molar-refractivity contribution >= 4 is 34.2 Å². The number of hydrogen-bond donors (Lipinski definition) is 0. The lowest BCUT2D eigenvalue weighted by atomic mass is 9.99. The summed E-state index contributed by atoms with van der Waals surface area (Å²) in [4.78, 5) is 4.71. The molecule has 1 fully saturated rings. The van der Waals surface area contributed by atoms with Gasteiger partial charge in [0.1, 0.15) is 5.82 Å². The first-order chi connectivity index (χ1) is 9.01. The van der Waals surface area contributed by atoms with E-state index < -0.39 is 0 Å². The maximum atomic E-state index is 6.34. The quantitative estimate of drug-likeness (QED) is 0.690. The first kappa shape index (κ1) is 13.3. The van der Waals surface area contributed by atoms with Crippen molar-refractivity contribution in [1.29, 1.82) is 0 Å². The Morgan fingerprint density at radius 2 is 2.00 bits per heavy atom. The molecular formula is C15H18Cl2N2. The Hall–Kier alpha value is -0.730. The zero-order valence-electron chi connectivity index (χ0n) is 11.3. The average molecular weight is 297 g/mol. The van der Waals surface area contributed by atoms with Crippen LogP contribution >= 0.6 is 23.2 Å². The van der Waals surface area contributed by atoms with Gasteiger partial charge in [-0.25, -0.2) is 4.98 Å². The summed E-state index contributed by atoms with van der Waals surface area (Å²) in [5.74, 6) is 0.961. The summed E-state index contributed by atoms with van der Waals surface area (Å²) < 4.78 is 2.35. The molecule has 3 rings (SSSR count). The van der Waals surface area contributed by atoms with Crippen LogP contribution in [0.5, 0.6) is 0 Å². The molecule has 0 spiro atoms. The number of rotatable bonds is 2. The number of alkyl halides is 1. The monoisotopic (exact) mass is 296 g/mol. The molecule has 0 radical (unpaired) electrons. The Morgan fingerprint density at radius 3 is 2.63 bits per heavy atom. The zero-order chi connectivity index (χ0) is 13.6. The standard InChI is InChI=1S/C15H18Cl2N2/c1-10(16)14-18-12-9-11(17)5-6-13(12)19(14)15(2)7-3-4-8-15/h5-6,9-10H,3-4,7-8H2,1-2H3. The van der Waals surface area contributed by atoms with Gasteiger partial charge in [-0.15, -0.1) is 11.6 Å². The van der Waals surface area contributed by atoms with E-state index in [4.69, 9.17) is 28.2 Å². The highest BCUT2D eigenvalue weighted by molar-refractivity contribution is 6.31. The number of imidazole rings is 1.